The lowest BCUT2D eigenvalue weighted by Crippen LogP contribution is -2.45. The molecular weight excluding hydrogens is 767 g/mol. The lowest BCUT2D eigenvalue weighted by molar-refractivity contribution is -0.143. The highest BCUT2D eigenvalue weighted by Gasteiger charge is 2.20. The van der Waals surface area contributed by atoms with E-state index in [4.69, 9.17) is 4.74 Å². The fourth-order valence-corrected chi connectivity index (χ4v) is 8.45. The van der Waals surface area contributed by atoms with Crippen LogP contribution < -0.4 is 5.32 Å². The summed E-state index contributed by atoms with van der Waals surface area (Å²) in [6.45, 7) is 4.90. The fraction of sp³-hybridized carbons (Fsp3) is 0.893. The molecule has 0 aliphatic carbocycles. The van der Waals surface area contributed by atoms with Crippen LogP contribution in [0.4, 0.5) is 0 Å². The number of aliphatic hydroxyl groups is 2. The standard InChI is InChI=1S/C56H107NO5/c1-3-5-7-9-11-13-15-17-19-20-21-23-25-30-34-38-42-46-50-56(61)62-51-47-43-39-35-31-27-26-29-33-37-41-45-49-55(60)57-53(52-58)54(59)48-44-40-36-32-28-24-22-18-16-14-12-10-8-6-4-2/h19-20,27,31,53-54,58-59H,3-18,21-26,28-30,32-52H2,1-2H3,(H,57,60)/b20-19-,31-27-. The topological polar surface area (TPSA) is 95.9 Å². The molecule has 0 spiro atoms. The molecule has 6 nitrogen and oxygen atoms in total. The summed E-state index contributed by atoms with van der Waals surface area (Å²) >= 11 is 0. The van der Waals surface area contributed by atoms with Gasteiger partial charge in [-0.25, -0.2) is 0 Å². The maximum absolute atomic E-state index is 12.5. The Morgan fingerprint density at radius 1 is 0.435 bits per heavy atom. The van der Waals surface area contributed by atoms with Crippen molar-refractivity contribution in [2.75, 3.05) is 13.2 Å². The van der Waals surface area contributed by atoms with Crippen LogP contribution >= 0.6 is 0 Å². The third-order valence-electron chi connectivity index (χ3n) is 12.7. The lowest BCUT2D eigenvalue weighted by atomic mass is 10.0. The van der Waals surface area contributed by atoms with Gasteiger partial charge in [0, 0.05) is 12.8 Å². The summed E-state index contributed by atoms with van der Waals surface area (Å²) in [4.78, 5) is 24.5. The Bertz CT molecular complexity index is 966. The molecule has 3 N–H and O–H groups in total. The molecule has 0 fully saturated rings. The maximum Gasteiger partial charge on any atom is 0.305 e. The van der Waals surface area contributed by atoms with Gasteiger partial charge in [0.05, 0.1) is 25.4 Å². The third kappa shape index (κ3) is 47.8. The number of esters is 1. The fourth-order valence-electron chi connectivity index (χ4n) is 8.45. The number of hydrogen-bond donors (Lipinski definition) is 3. The molecule has 0 saturated carbocycles. The van der Waals surface area contributed by atoms with Crippen LogP contribution in [-0.2, 0) is 14.3 Å². The molecule has 0 aromatic heterocycles. The zero-order chi connectivity index (χ0) is 45.1. The molecule has 6 heteroatoms. The van der Waals surface area contributed by atoms with Crippen LogP contribution in [0.1, 0.15) is 296 Å². The lowest BCUT2D eigenvalue weighted by Gasteiger charge is -2.22. The number of nitrogens with one attached hydrogen (secondary N) is 1. The van der Waals surface area contributed by atoms with Gasteiger partial charge in [-0.1, -0.05) is 224 Å². The van der Waals surface area contributed by atoms with E-state index in [0.717, 1.165) is 77.0 Å². The average Bonchev–Trinajstić information content (AvgIpc) is 3.27. The molecule has 0 saturated heterocycles. The highest BCUT2D eigenvalue weighted by molar-refractivity contribution is 5.76. The van der Waals surface area contributed by atoms with Gasteiger partial charge in [-0.3, -0.25) is 9.59 Å². The summed E-state index contributed by atoms with van der Waals surface area (Å²) in [5.74, 6) is -0.0855. The van der Waals surface area contributed by atoms with Crippen LogP contribution in [0.25, 0.3) is 0 Å². The zero-order valence-corrected chi connectivity index (χ0v) is 41.6. The average molecular weight is 874 g/mol. The van der Waals surface area contributed by atoms with Gasteiger partial charge in [-0.05, 0) is 83.5 Å². The van der Waals surface area contributed by atoms with Crippen molar-refractivity contribution < 1.29 is 24.5 Å². The summed E-state index contributed by atoms with van der Waals surface area (Å²) in [7, 11) is 0. The van der Waals surface area contributed by atoms with Gasteiger partial charge in [-0.2, -0.15) is 0 Å². The molecule has 62 heavy (non-hydrogen) atoms. The van der Waals surface area contributed by atoms with E-state index in [1.54, 1.807) is 0 Å². The van der Waals surface area contributed by atoms with E-state index in [9.17, 15) is 19.8 Å². The molecule has 0 bridgehead atoms. The van der Waals surface area contributed by atoms with Gasteiger partial charge >= 0.3 is 5.97 Å². The van der Waals surface area contributed by atoms with Crippen LogP contribution in [0, 0.1) is 0 Å². The minimum atomic E-state index is -0.680. The Hall–Kier alpha value is -1.66. The maximum atomic E-state index is 12.5. The number of allylic oxidation sites excluding steroid dienone is 4. The first kappa shape index (κ1) is 60.3. The second kappa shape index (κ2) is 52.0. The minimum absolute atomic E-state index is 0.0255. The molecule has 2 unspecified atom stereocenters. The van der Waals surface area contributed by atoms with Crippen molar-refractivity contribution in [3.63, 3.8) is 0 Å². The van der Waals surface area contributed by atoms with Crippen molar-refractivity contribution in [2.45, 2.75) is 309 Å². The van der Waals surface area contributed by atoms with Gasteiger partial charge in [0.2, 0.25) is 5.91 Å². The van der Waals surface area contributed by atoms with Crippen molar-refractivity contribution in [3.05, 3.63) is 24.3 Å². The number of amides is 1. The van der Waals surface area contributed by atoms with E-state index >= 15 is 0 Å². The molecule has 2 atom stereocenters. The summed E-state index contributed by atoms with van der Waals surface area (Å²) < 4.78 is 5.46. The van der Waals surface area contributed by atoms with Crippen molar-refractivity contribution in [1.29, 1.82) is 0 Å². The number of rotatable bonds is 51. The van der Waals surface area contributed by atoms with Crippen molar-refractivity contribution >= 4 is 11.9 Å². The Morgan fingerprint density at radius 2 is 0.758 bits per heavy atom. The van der Waals surface area contributed by atoms with Gasteiger partial charge in [0.25, 0.3) is 0 Å². The van der Waals surface area contributed by atoms with Crippen LogP contribution in [0.5, 0.6) is 0 Å². The SMILES string of the molecule is CCCCCCCCC/C=C\CCCCCCCCCC(=O)OCCCCC/C=C\CCCCCCCC(=O)NC(CO)C(O)CCCCCCCCCCCCCCCCC. The van der Waals surface area contributed by atoms with E-state index < -0.39 is 12.1 Å². The second-order valence-corrected chi connectivity index (χ2v) is 18.9. The Labute approximate surface area is 386 Å². The molecule has 366 valence electrons. The van der Waals surface area contributed by atoms with Crippen molar-refractivity contribution in [2.24, 2.45) is 0 Å². The van der Waals surface area contributed by atoms with E-state index in [1.807, 2.05) is 0 Å². The molecule has 0 heterocycles. The highest BCUT2D eigenvalue weighted by Crippen LogP contribution is 2.16. The first-order valence-corrected chi connectivity index (χ1v) is 27.6. The zero-order valence-electron chi connectivity index (χ0n) is 41.6. The Balaban J connectivity index is 3.49. The summed E-state index contributed by atoms with van der Waals surface area (Å²) in [6, 6.07) is -0.560. The summed E-state index contributed by atoms with van der Waals surface area (Å²) in [5, 5.41) is 23.2. The smallest absolute Gasteiger partial charge is 0.305 e. The van der Waals surface area contributed by atoms with E-state index in [2.05, 4.69) is 43.5 Å². The van der Waals surface area contributed by atoms with Crippen LogP contribution in [-0.4, -0.2) is 47.4 Å². The number of aliphatic hydroxyl groups excluding tert-OH is 2. The van der Waals surface area contributed by atoms with Crippen LogP contribution in [0.3, 0.4) is 0 Å². The first-order chi connectivity index (χ1) is 30.5. The van der Waals surface area contributed by atoms with E-state index in [1.165, 1.54) is 186 Å². The predicted molar refractivity (Wildman–Crippen MR) is 269 cm³/mol. The molecule has 1 amide bonds. The highest BCUT2D eigenvalue weighted by atomic mass is 16.5. The van der Waals surface area contributed by atoms with E-state index in [-0.39, 0.29) is 18.5 Å². The van der Waals surface area contributed by atoms with Crippen LogP contribution in [0.2, 0.25) is 0 Å². The predicted octanol–water partition coefficient (Wildman–Crippen LogP) is 16.7. The summed E-state index contributed by atoms with van der Waals surface area (Å²) in [5.41, 5.74) is 0. The Morgan fingerprint density at radius 3 is 1.15 bits per heavy atom. The summed E-state index contributed by atoms with van der Waals surface area (Å²) in [6.07, 6.45) is 61.6. The quantitative estimate of drug-likeness (QED) is 0.0321. The normalized spacial score (nSPS) is 12.8. The van der Waals surface area contributed by atoms with Gasteiger partial charge < -0.3 is 20.3 Å². The molecular formula is C56H107NO5. The second-order valence-electron chi connectivity index (χ2n) is 18.9. The largest absolute Gasteiger partial charge is 0.466 e. The number of unbranched alkanes of at least 4 members (excludes halogenated alkanes) is 36. The number of ether oxygens (including phenoxy) is 1. The number of carbonyl (C=O) groups excluding carboxylic acids is 2. The molecule has 0 aliphatic heterocycles. The van der Waals surface area contributed by atoms with Gasteiger partial charge in [0.1, 0.15) is 0 Å². The first-order valence-electron chi connectivity index (χ1n) is 27.6. The van der Waals surface area contributed by atoms with Gasteiger partial charge in [0.15, 0.2) is 0 Å². The van der Waals surface area contributed by atoms with Crippen LogP contribution in [0.15, 0.2) is 24.3 Å². The van der Waals surface area contributed by atoms with E-state index in [0.29, 0.717) is 25.9 Å². The Kier molecular flexibility index (Phi) is 50.6. The van der Waals surface area contributed by atoms with Gasteiger partial charge in [-0.15, -0.1) is 0 Å². The van der Waals surface area contributed by atoms with Crippen molar-refractivity contribution in [1.82, 2.24) is 5.32 Å². The molecule has 0 aromatic rings. The molecule has 0 radical (unpaired) electrons. The minimum Gasteiger partial charge on any atom is -0.466 e. The number of hydrogen-bond acceptors (Lipinski definition) is 5. The molecule has 0 aromatic carbocycles. The molecule has 0 rings (SSSR count). The number of carbonyl (C=O) groups is 2. The molecule has 0 aliphatic rings. The monoisotopic (exact) mass is 874 g/mol. The van der Waals surface area contributed by atoms with Crippen molar-refractivity contribution in [3.8, 4) is 0 Å². The third-order valence-corrected chi connectivity index (χ3v) is 12.7.